The number of rotatable bonds is 6. The summed E-state index contributed by atoms with van der Waals surface area (Å²) in [7, 11) is 3.39. The Morgan fingerprint density at radius 3 is 2.58 bits per heavy atom. The lowest BCUT2D eigenvalue weighted by Gasteiger charge is -2.47. The van der Waals surface area contributed by atoms with Gasteiger partial charge in [-0.05, 0) is 67.2 Å². The van der Waals surface area contributed by atoms with Crippen molar-refractivity contribution in [1.82, 2.24) is 15.1 Å². The van der Waals surface area contributed by atoms with Crippen molar-refractivity contribution in [2.24, 2.45) is 17.8 Å². The molecule has 3 aliphatic rings. The SMILES string of the molecule is COc1cc2c(cc1OC)C1CC(COC(=O)N3CCN[C@H](C)C3)C(CC(C)C)CN1CC2. The smallest absolute Gasteiger partial charge is 0.409 e. The lowest BCUT2D eigenvalue weighted by atomic mass is 9.74. The Morgan fingerprint density at radius 1 is 1.12 bits per heavy atom. The van der Waals surface area contributed by atoms with Crippen molar-refractivity contribution in [3.05, 3.63) is 23.3 Å². The molecule has 0 spiro atoms. The lowest BCUT2D eigenvalue weighted by Crippen LogP contribution is -2.52. The van der Waals surface area contributed by atoms with Gasteiger partial charge in [-0.15, -0.1) is 0 Å². The van der Waals surface area contributed by atoms with E-state index in [1.807, 2.05) is 4.90 Å². The van der Waals surface area contributed by atoms with E-state index in [1.165, 1.54) is 11.1 Å². The minimum atomic E-state index is -0.162. The van der Waals surface area contributed by atoms with Crippen molar-refractivity contribution in [3.8, 4) is 11.5 Å². The third-order valence-corrected chi connectivity index (χ3v) is 7.60. The molecule has 4 atom stereocenters. The molecule has 7 heteroatoms. The molecule has 33 heavy (non-hydrogen) atoms. The van der Waals surface area contributed by atoms with Gasteiger partial charge in [0.2, 0.25) is 0 Å². The van der Waals surface area contributed by atoms with Crippen molar-refractivity contribution in [2.45, 2.75) is 52.1 Å². The van der Waals surface area contributed by atoms with E-state index in [2.05, 4.69) is 43.1 Å². The maximum absolute atomic E-state index is 12.8. The third kappa shape index (κ3) is 5.40. The highest BCUT2D eigenvalue weighted by Crippen LogP contribution is 2.45. The molecule has 1 amide bonds. The van der Waals surface area contributed by atoms with Crippen LogP contribution in [0.1, 0.15) is 50.8 Å². The number of hydrogen-bond acceptors (Lipinski definition) is 6. The number of nitrogens with zero attached hydrogens (tertiary/aromatic N) is 2. The minimum Gasteiger partial charge on any atom is -0.493 e. The second-order valence-electron chi connectivity index (χ2n) is 10.4. The van der Waals surface area contributed by atoms with Crippen LogP contribution in [-0.4, -0.2) is 75.5 Å². The quantitative estimate of drug-likeness (QED) is 0.700. The summed E-state index contributed by atoms with van der Waals surface area (Å²) in [6.07, 6.45) is 3.03. The zero-order valence-electron chi connectivity index (χ0n) is 20.9. The van der Waals surface area contributed by atoms with Gasteiger partial charge in [0.1, 0.15) is 0 Å². The molecule has 4 rings (SSSR count). The summed E-state index contributed by atoms with van der Waals surface area (Å²) in [4.78, 5) is 17.3. The Hall–Kier alpha value is -1.99. The molecule has 3 heterocycles. The van der Waals surface area contributed by atoms with E-state index < -0.39 is 0 Å². The fourth-order valence-corrected chi connectivity index (χ4v) is 5.95. The number of piperazine rings is 1. The van der Waals surface area contributed by atoms with Gasteiger partial charge < -0.3 is 24.4 Å². The first kappa shape index (κ1) is 24.1. The predicted octanol–water partition coefficient (Wildman–Crippen LogP) is 3.72. The molecule has 0 radical (unpaired) electrons. The van der Waals surface area contributed by atoms with Crippen LogP contribution in [0.2, 0.25) is 0 Å². The van der Waals surface area contributed by atoms with Gasteiger partial charge in [-0.3, -0.25) is 4.90 Å². The number of amides is 1. The Bertz CT molecular complexity index is 830. The summed E-state index contributed by atoms with van der Waals surface area (Å²) < 4.78 is 17.1. The van der Waals surface area contributed by atoms with Crippen LogP contribution in [-0.2, 0) is 11.2 Å². The van der Waals surface area contributed by atoms with Crippen molar-refractivity contribution >= 4 is 6.09 Å². The lowest BCUT2D eigenvalue weighted by molar-refractivity contribution is 0.00413. The van der Waals surface area contributed by atoms with E-state index in [1.54, 1.807) is 14.2 Å². The second kappa shape index (κ2) is 10.5. The molecule has 7 nitrogen and oxygen atoms in total. The highest BCUT2D eigenvalue weighted by atomic mass is 16.6. The van der Waals surface area contributed by atoms with Gasteiger partial charge in [-0.25, -0.2) is 4.79 Å². The average Bonchev–Trinajstić information content (AvgIpc) is 2.81. The van der Waals surface area contributed by atoms with Crippen molar-refractivity contribution in [3.63, 3.8) is 0 Å². The summed E-state index contributed by atoms with van der Waals surface area (Å²) in [6.45, 7) is 11.6. The van der Waals surface area contributed by atoms with Gasteiger partial charge in [0, 0.05) is 44.8 Å². The van der Waals surface area contributed by atoms with Gasteiger partial charge in [0.05, 0.1) is 20.8 Å². The van der Waals surface area contributed by atoms with E-state index >= 15 is 0 Å². The van der Waals surface area contributed by atoms with Gasteiger partial charge in [-0.1, -0.05) is 13.8 Å². The van der Waals surface area contributed by atoms with E-state index in [0.29, 0.717) is 49.5 Å². The van der Waals surface area contributed by atoms with E-state index in [4.69, 9.17) is 14.2 Å². The van der Waals surface area contributed by atoms with Crippen LogP contribution in [0.3, 0.4) is 0 Å². The largest absolute Gasteiger partial charge is 0.493 e. The predicted molar refractivity (Wildman–Crippen MR) is 129 cm³/mol. The van der Waals surface area contributed by atoms with Crippen molar-refractivity contribution < 1.29 is 19.0 Å². The summed E-state index contributed by atoms with van der Waals surface area (Å²) >= 11 is 0. The minimum absolute atomic E-state index is 0.162. The molecular weight excluding hydrogens is 418 g/mol. The Kier molecular flexibility index (Phi) is 7.69. The molecule has 1 aromatic rings. The topological polar surface area (TPSA) is 63.3 Å². The number of carbonyl (C=O) groups excluding carboxylic acids is 1. The number of nitrogens with one attached hydrogen (secondary N) is 1. The van der Waals surface area contributed by atoms with Crippen LogP contribution in [0.5, 0.6) is 11.5 Å². The summed E-state index contributed by atoms with van der Waals surface area (Å²) in [5, 5.41) is 3.38. The maximum atomic E-state index is 12.8. The Morgan fingerprint density at radius 2 is 1.88 bits per heavy atom. The Labute approximate surface area is 198 Å². The monoisotopic (exact) mass is 459 g/mol. The third-order valence-electron chi connectivity index (χ3n) is 7.60. The molecule has 1 aromatic carbocycles. The Balaban J connectivity index is 1.50. The number of benzene rings is 1. The normalized spacial score (nSPS) is 27.6. The molecular formula is C26H41N3O4. The van der Waals surface area contributed by atoms with Crippen molar-refractivity contribution in [1.29, 1.82) is 0 Å². The summed E-state index contributed by atoms with van der Waals surface area (Å²) in [5.74, 6) is 3.11. The number of hydrogen-bond donors (Lipinski definition) is 1. The number of fused-ring (bicyclic) bond motifs is 3. The second-order valence-corrected chi connectivity index (χ2v) is 10.4. The molecule has 2 saturated heterocycles. The maximum Gasteiger partial charge on any atom is 0.409 e. The van der Waals surface area contributed by atoms with Crippen LogP contribution in [0.25, 0.3) is 0 Å². The fourth-order valence-electron chi connectivity index (χ4n) is 5.95. The van der Waals surface area contributed by atoms with E-state index in [-0.39, 0.29) is 6.09 Å². The van der Waals surface area contributed by atoms with Gasteiger partial charge >= 0.3 is 6.09 Å². The van der Waals surface area contributed by atoms with Gasteiger partial charge in [0.15, 0.2) is 11.5 Å². The molecule has 0 aromatic heterocycles. The van der Waals surface area contributed by atoms with Gasteiger partial charge in [0.25, 0.3) is 0 Å². The number of piperidine rings is 1. The zero-order valence-corrected chi connectivity index (χ0v) is 20.9. The van der Waals surface area contributed by atoms with Crippen LogP contribution < -0.4 is 14.8 Å². The highest BCUT2D eigenvalue weighted by molar-refractivity contribution is 5.67. The molecule has 184 valence electrons. The average molecular weight is 460 g/mol. The molecule has 0 bridgehead atoms. The molecule has 1 N–H and O–H groups in total. The van der Waals surface area contributed by atoms with Crippen LogP contribution in [0.4, 0.5) is 4.79 Å². The molecule has 2 fully saturated rings. The van der Waals surface area contributed by atoms with Gasteiger partial charge in [-0.2, -0.15) is 0 Å². The number of carbonyl (C=O) groups is 1. The molecule has 3 aliphatic heterocycles. The molecule has 0 aliphatic carbocycles. The number of methoxy groups -OCH3 is 2. The first-order valence-electron chi connectivity index (χ1n) is 12.5. The molecule has 0 saturated carbocycles. The standard InChI is InChI=1S/C26H41N3O4/c1-17(2)10-20-15-28-8-6-19-12-24(31-4)25(32-5)13-22(19)23(28)11-21(20)16-33-26(30)29-9-7-27-18(3)14-29/h12-13,17-18,20-21,23,27H,6-11,14-16H2,1-5H3/t18-,20?,21?,23?/m1/s1. The van der Waals surface area contributed by atoms with Crippen molar-refractivity contribution in [2.75, 3.05) is 53.6 Å². The number of ether oxygens (including phenoxy) is 3. The van der Waals surface area contributed by atoms with Crippen LogP contribution in [0.15, 0.2) is 12.1 Å². The fraction of sp³-hybridized carbons (Fsp3) is 0.731. The molecule has 3 unspecified atom stereocenters. The summed E-state index contributed by atoms with van der Waals surface area (Å²) in [6, 6.07) is 4.96. The van der Waals surface area contributed by atoms with Crippen LogP contribution in [0, 0.1) is 17.8 Å². The van der Waals surface area contributed by atoms with Crippen LogP contribution >= 0.6 is 0 Å². The zero-order chi connectivity index (χ0) is 23.5. The highest BCUT2D eigenvalue weighted by Gasteiger charge is 2.40. The first-order valence-corrected chi connectivity index (χ1v) is 12.5. The van der Waals surface area contributed by atoms with E-state index in [9.17, 15) is 4.79 Å². The summed E-state index contributed by atoms with van der Waals surface area (Å²) in [5.41, 5.74) is 2.69. The first-order chi connectivity index (χ1) is 15.9. The van der Waals surface area contributed by atoms with E-state index in [0.717, 1.165) is 50.4 Å².